The van der Waals surface area contributed by atoms with Gasteiger partial charge in [0.25, 0.3) is 0 Å². The number of aliphatic hydroxyl groups excluding tert-OH is 1. The first kappa shape index (κ1) is 53.6. The summed E-state index contributed by atoms with van der Waals surface area (Å²) in [6.45, 7) is 4.10. The Hall–Kier alpha value is -1.39. The Morgan fingerprint density at radius 2 is 0.582 bits per heavy atom. The lowest BCUT2D eigenvalue weighted by Gasteiger charge is -2.40. The van der Waals surface area contributed by atoms with Gasteiger partial charge in [0.15, 0.2) is 0 Å². The normalized spacial score (nSPS) is 14.2. The minimum absolute atomic E-state index is 0.0352. The van der Waals surface area contributed by atoms with Crippen molar-refractivity contribution < 1.29 is 114 Å². The SMILES string of the molecule is COCCOCCOCCOCCOCCOCCOCCOCCOCCOCCOCC(O)CC(F)(F)C(F)(F)C(F)(F)C(F)(F)C(F)(F)C(F)(F)F. The van der Waals surface area contributed by atoms with Crippen molar-refractivity contribution in [3.63, 3.8) is 0 Å². The van der Waals surface area contributed by atoms with Crippen LogP contribution in [0.4, 0.5) is 57.1 Å². The Kier molecular flexibility index (Phi) is 27.4. The van der Waals surface area contributed by atoms with Gasteiger partial charge in [0.05, 0.1) is 145 Å². The smallest absolute Gasteiger partial charge is 0.390 e. The van der Waals surface area contributed by atoms with Crippen LogP contribution in [0.25, 0.3) is 0 Å². The van der Waals surface area contributed by atoms with Crippen LogP contribution in [0, 0.1) is 0 Å². The first-order chi connectivity index (χ1) is 25.7. The average Bonchev–Trinajstić information content (AvgIpc) is 3.09. The third-order valence-electron chi connectivity index (χ3n) is 6.58. The van der Waals surface area contributed by atoms with Crippen LogP contribution >= 0.6 is 0 Å². The second-order valence-corrected chi connectivity index (χ2v) is 10.9. The van der Waals surface area contributed by atoms with Gasteiger partial charge in [-0.25, -0.2) is 0 Å². The van der Waals surface area contributed by atoms with Gasteiger partial charge in [-0.1, -0.05) is 0 Å². The summed E-state index contributed by atoms with van der Waals surface area (Å²) in [5, 5.41) is 9.42. The largest absolute Gasteiger partial charge is 0.460 e. The van der Waals surface area contributed by atoms with Gasteiger partial charge < -0.3 is 57.2 Å². The molecule has 0 rings (SSSR count). The Morgan fingerprint density at radius 3 is 0.836 bits per heavy atom. The average molecular weight is 849 g/mol. The second-order valence-electron chi connectivity index (χ2n) is 10.9. The van der Waals surface area contributed by atoms with Gasteiger partial charge in [0.2, 0.25) is 0 Å². The van der Waals surface area contributed by atoms with Crippen molar-refractivity contribution in [2.24, 2.45) is 0 Å². The minimum atomic E-state index is -8.00. The van der Waals surface area contributed by atoms with E-state index in [1.165, 1.54) is 0 Å². The van der Waals surface area contributed by atoms with Gasteiger partial charge in [0, 0.05) is 13.5 Å². The Balaban J connectivity index is 3.74. The molecule has 1 N–H and O–H groups in total. The van der Waals surface area contributed by atoms with Crippen molar-refractivity contribution in [2.75, 3.05) is 146 Å². The van der Waals surface area contributed by atoms with Crippen molar-refractivity contribution in [3.8, 4) is 0 Å². The Labute approximate surface area is 309 Å². The summed E-state index contributed by atoms with van der Waals surface area (Å²) in [6, 6.07) is 0. The molecular formula is C30H49F13O12. The molecule has 0 radical (unpaired) electrons. The van der Waals surface area contributed by atoms with E-state index in [0.29, 0.717) is 85.9 Å². The number of rotatable bonds is 38. The number of methoxy groups -OCH3 is 1. The first-order valence-electron chi connectivity index (χ1n) is 16.6. The zero-order valence-electron chi connectivity index (χ0n) is 30.0. The van der Waals surface area contributed by atoms with Gasteiger partial charge >= 0.3 is 35.8 Å². The van der Waals surface area contributed by atoms with Crippen molar-refractivity contribution in [1.82, 2.24) is 0 Å². The summed E-state index contributed by atoms with van der Waals surface area (Å²) in [4.78, 5) is 0. The van der Waals surface area contributed by atoms with E-state index < -0.39 is 61.5 Å². The van der Waals surface area contributed by atoms with Crippen LogP contribution < -0.4 is 0 Å². The molecule has 0 spiro atoms. The van der Waals surface area contributed by atoms with Gasteiger partial charge in [-0.05, 0) is 0 Å². The fraction of sp³-hybridized carbons (Fsp3) is 1.00. The molecule has 0 amide bonds. The van der Waals surface area contributed by atoms with Crippen LogP contribution in [0.5, 0.6) is 0 Å². The van der Waals surface area contributed by atoms with Crippen LogP contribution in [0.2, 0.25) is 0 Å². The summed E-state index contributed by atoms with van der Waals surface area (Å²) in [5.41, 5.74) is 0. The summed E-state index contributed by atoms with van der Waals surface area (Å²) in [7, 11) is 1.60. The lowest BCUT2D eigenvalue weighted by Crippen LogP contribution is -2.70. The highest BCUT2D eigenvalue weighted by atomic mass is 19.4. The number of hydrogen-bond acceptors (Lipinski definition) is 12. The maximum absolute atomic E-state index is 13.8. The van der Waals surface area contributed by atoms with E-state index in [1.807, 2.05) is 0 Å². The molecule has 0 aliphatic heterocycles. The zero-order chi connectivity index (χ0) is 41.9. The molecule has 0 bridgehead atoms. The number of halogens is 13. The van der Waals surface area contributed by atoms with Crippen LogP contribution in [-0.2, 0) is 52.1 Å². The quantitative estimate of drug-likeness (QED) is 0.0706. The van der Waals surface area contributed by atoms with E-state index in [4.69, 9.17) is 47.4 Å². The van der Waals surface area contributed by atoms with E-state index in [2.05, 4.69) is 4.74 Å². The predicted molar refractivity (Wildman–Crippen MR) is 161 cm³/mol. The van der Waals surface area contributed by atoms with Gasteiger partial charge in [-0.2, -0.15) is 57.1 Å². The van der Waals surface area contributed by atoms with Crippen LogP contribution in [0.15, 0.2) is 0 Å². The van der Waals surface area contributed by atoms with Crippen molar-refractivity contribution >= 4 is 0 Å². The number of alkyl halides is 13. The topological polar surface area (TPSA) is 122 Å². The number of hydrogen-bond donors (Lipinski definition) is 1. The summed E-state index contributed by atoms with van der Waals surface area (Å²) in [6.07, 6.45) is -13.0. The predicted octanol–water partition coefficient (Wildman–Crippen LogP) is 4.29. The van der Waals surface area contributed by atoms with Gasteiger partial charge in [-0.3, -0.25) is 0 Å². The Morgan fingerprint density at radius 1 is 0.345 bits per heavy atom. The molecule has 1 atom stereocenters. The lowest BCUT2D eigenvalue weighted by atomic mass is 9.91. The maximum Gasteiger partial charge on any atom is 0.460 e. The van der Waals surface area contributed by atoms with Crippen molar-refractivity contribution in [2.45, 2.75) is 48.3 Å². The fourth-order valence-electron chi connectivity index (χ4n) is 3.63. The van der Waals surface area contributed by atoms with Gasteiger partial charge in [0.1, 0.15) is 0 Å². The van der Waals surface area contributed by atoms with E-state index >= 15 is 0 Å². The third-order valence-corrected chi connectivity index (χ3v) is 6.58. The first-order valence-corrected chi connectivity index (χ1v) is 16.6. The van der Waals surface area contributed by atoms with Crippen LogP contribution in [0.3, 0.4) is 0 Å². The maximum atomic E-state index is 13.8. The molecule has 12 nitrogen and oxygen atoms in total. The molecule has 0 fully saturated rings. The fourth-order valence-corrected chi connectivity index (χ4v) is 3.63. The number of ether oxygens (including phenoxy) is 11. The molecule has 1 unspecified atom stereocenters. The summed E-state index contributed by atoms with van der Waals surface area (Å²) < 4.78 is 228. The molecule has 0 aromatic carbocycles. The second kappa shape index (κ2) is 28.1. The molecule has 0 aromatic heterocycles. The molecule has 25 heteroatoms. The highest BCUT2D eigenvalue weighted by Gasteiger charge is 2.90. The zero-order valence-corrected chi connectivity index (χ0v) is 30.0. The van der Waals surface area contributed by atoms with Crippen LogP contribution in [-0.4, -0.2) is 193 Å². The molecule has 55 heavy (non-hydrogen) atoms. The summed E-state index contributed by atoms with van der Waals surface area (Å²) in [5.74, 6) is -37.6. The van der Waals surface area contributed by atoms with Crippen LogP contribution in [0.1, 0.15) is 6.42 Å². The molecule has 0 saturated carbocycles. The van der Waals surface area contributed by atoms with Crippen molar-refractivity contribution in [1.29, 1.82) is 0 Å². The standard InChI is InChI=1S/C30H49F13O12/c1-45-2-3-46-4-5-47-6-7-48-8-9-49-10-11-50-12-13-51-14-15-52-16-17-53-18-19-54-20-21-55-23-24(44)22-25(31,32)26(33,34)27(35,36)28(37,38)29(39,40)30(41,42)43/h24,44H,2-23H2,1H3. The Bertz CT molecular complexity index is 939. The van der Waals surface area contributed by atoms with Gasteiger partial charge in [-0.15, -0.1) is 0 Å². The molecular weight excluding hydrogens is 799 g/mol. The molecule has 0 aliphatic rings. The lowest BCUT2D eigenvalue weighted by molar-refractivity contribution is -0.440. The van der Waals surface area contributed by atoms with E-state index in [-0.39, 0.29) is 39.6 Å². The number of aliphatic hydroxyl groups is 1. The van der Waals surface area contributed by atoms with E-state index in [9.17, 15) is 62.2 Å². The molecule has 332 valence electrons. The molecule has 0 heterocycles. The molecule has 0 aromatic rings. The third kappa shape index (κ3) is 20.2. The monoisotopic (exact) mass is 848 g/mol. The minimum Gasteiger partial charge on any atom is -0.390 e. The van der Waals surface area contributed by atoms with E-state index in [1.54, 1.807) is 7.11 Å². The van der Waals surface area contributed by atoms with E-state index in [0.717, 1.165) is 0 Å². The molecule has 0 aliphatic carbocycles. The highest BCUT2D eigenvalue weighted by Crippen LogP contribution is 2.60. The van der Waals surface area contributed by atoms with Crippen molar-refractivity contribution in [3.05, 3.63) is 0 Å². The molecule has 0 saturated heterocycles. The highest BCUT2D eigenvalue weighted by molar-refractivity contribution is 5.10. The summed E-state index contributed by atoms with van der Waals surface area (Å²) >= 11 is 0.